The van der Waals surface area contributed by atoms with Gasteiger partial charge in [0.25, 0.3) is 0 Å². The molecule has 0 atom stereocenters. The number of ether oxygens (including phenoxy) is 1. The molecule has 3 aromatic rings. The molecule has 0 unspecified atom stereocenters. The van der Waals surface area contributed by atoms with Gasteiger partial charge in [-0.25, -0.2) is 0 Å². The number of rotatable bonds is 8. The number of carbonyl (C=O) groups is 1. The van der Waals surface area contributed by atoms with Crippen LogP contribution < -0.4 is 15.0 Å². The van der Waals surface area contributed by atoms with Gasteiger partial charge in [-0.1, -0.05) is 5.16 Å². The average molecular weight is 450 g/mol. The van der Waals surface area contributed by atoms with Gasteiger partial charge in [0.05, 0.1) is 6.61 Å². The minimum Gasteiger partial charge on any atom is -0.494 e. The average Bonchev–Trinajstić information content (AvgIpc) is 3.29. The van der Waals surface area contributed by atoms with Gasteiger partial charge in [0.1, 0.15) is 5.75 Å². The molecule has 1 aliphatic heterocycles. The quantitative estimate of drug-likeness (QED) is 0.560. The number of hydrogen-bond acceptors (Lipinski definition) is 7. The lowest BCUT2D eigenvalue weighted by atomic mass is 10.1. The van der Waals surface area contributed by atoms with Crippen molar-refractivity contribution in [2.24, 2.45) is 0 Å². The minimum atomic E-state index is -0.0775. The molecule has 4 rings (SSSR count). The number of aromatic nitrogens is 2. The molecule has 0 aliphatic carbocycles. The number of nitrogens with one attached hydrogen (secondary N) is 1. The highest BCUT2D eigenvalue weighted by molar-refractivity contribution is 5.91. The molecule has 1 saturated heterocycles. The predicted octanol–water partition coefficient (Wildman–Crippen LogP) is 3.77. The van der Waals surface area contributed by atoms with Crippen molar-refractivity contribution < 1.29 is 14.1 Å². The number of piperazine rings is 1. The van der Waals surface area contributed by atoms with Crippen LogP contribution in [0, 0.1) is 6.92 Å². The zero-order chi connectivity index (χ0) is 23.2. The lowest BCUT2D eigenvalue weighted by Gasteiger charge is -2.34. The molecule has 0 bridgehead atoms. The van der Waals surface area contributed by atoms with E-state index in [4.69, 9.17) is 9.26 Å². The summed E-state index contributed by atoms with van der Waals surface area (Å²) >= 11 is 0. The fourth-order valence-corrected chi connectivity index (χ4v) is 3.82. The van der Waals surface area contributed by atoms with E-state index in [0.29, 0.717) is 24.7 Å². The molecule has 8 heteroatoms. The van der Waals surface area contributed by atoms with Crippen LogP contribution in [0.3, 0.4) is 0 Å². The van der Waals surface area contributed by atoms with E-state index in [1.807, 2.05) is 44.2 Å². The highest BCUT2D eigenvalue weighted by Gasteiger charge is 2.16. The first-order valence-electron chi connectivity index (χ1n) is 11.4. The maximum absolute atomic E-state index is 12.5. The number of anilines is 2. The molecule has 0 radical (unpaired) electrons. The van der Waals surface area contributed by atoms with Gasteiger partial charge < -0.3 is 24.4 Å². The number of benzene rings is 2. The van der Waals surface area contributed by atoms with Crippen LogP contribution in [0.2, 0.25) is 0 Å². The lowest BCUT2D eigenvalue weighted by Crippen LogP contribution is -2.44. The van der Waals surface area contributed by atoms with Crippen LogP contribution in [0.5, 0.6) is 5.75 Å². The Morgan fingerprint density at radius 1 is 1.12 bits per heavy atom. The molecule has 1 amide bonds. The summed E-state index contributed by atoms with van der Waals surface area (Å²) in [5.41, 5.74) is 3.93. The molecule has 1 aromatic heterocycles. The van der Waals surface area contributed by atoms with Crippen molar-refractivity contribution >= 4 is 17.3 Å². The topological polar surface area (TPSA) is 83.7 Å². The van der Waals surface area contributed by atoms with E-state index in [2.05, 4.69) is 44.4 Å². The monoisotopic (exact) mass is 449 g/mol. The highest BCUT2D eigenvalue weighted by Crippen LogP contribution is 2.24. The molecule has 0 spiro atoms. The number of nitrogens with zero attached hydrogens (tertiary/aromatic N) is 4. The molecular formula is C25H31N5O3. The lowest BCUT2D eigenvalue weighted by molar-refractivity contribution is -0.116. The van der Waals surface area contributed by atoms with Crippen molar-refractivity contribution in [3.63, 3.8) is 0 Å². The number of carbonyl (C=O) groups excluding carboxylic acids is 1. The summed E-state index contributed by atoms with van der Waals surface area (Å²) in [5.74, 6) is 1.67. The van der Waals surface area contributed by atoms with Gasteiger partial charge in [0.15, 0.2) is 0 Å². The second-order valence-electron chi connectivity index (χ2n) is 8.31. The van der Waals surface area contributed by atoms with E-state index >= 15 is 0 Å². The molecule has 0 saturated carbocycles. The van der Waals surface area contributed by atoms with Gasteiger partial charge in [-0.3, -0.25) is 4.79 Å². The fourth-order valence-electron chi connectivity index (χ4n) is 3.82. The fraction of sp³-hybridized carbons (Fsp3) is 0.400. The number of likely N-dealkylation sites (N-methyl/N-ethyl adjacent to an activating group) is 1. The Morgan fingerprint density at radius 2 is 1.88 bits per heavy atom. The van der Waals surface area contributed by atoms with E-state index in [1.165, 1.54) is 5.69 Å². The zero-order valence-electron chi connectivity index (χ0n) is 19.5. The Bertz CT molecular complexity index is 1070. The van der Waals surface area contributed by atoms with E-state index in [0.717, 1.165) is 48.7 Å². The largest absolute Gasteiger partial charge is 0.494 e. The number of hydrogen-bond donors (Lipinski definition) is 1. The van der Waals surface area contributed by atoms with E-state index in [9.17, 15) is 4.79 Å². The third-order valence-corrected chi connectivity index (χ3v) is 5.81. The van der Waals surface area contributed by atoms with Crippen LogP contribution in [0.4, 0.5) is 11.4 Å². The molecular weight excluding hydrogens is 418 g/mol. The van der Waals surface area contributed by atoms with Crippen molar-refractivity contribution in [1.29, 1.82) is 0 Å². The van der Waals surface area contributed by atoms with Crippen LogP contribution in [-0.4, -0.2) is 60.8 Å². The van der Waals surface area contributed by atoms with Crippen LogP contribution in [0.1, 0.15) is 24.8 Å². The number of aryl methyl sites for hydroxylation is 2. The first-order valence-corrected chi connectivity index (χ1v) is 11.4. The Labute approximate surface area is 194 Å². The summed E-state index contributed by atoms with van der Waals surface area (Å²) in [4.78, 5) is 21.6. The summed E-state index contributed by atoms with van der Waals surface area (Å²) in [6, 6.07) is 13.7. The summed E-state index contributed by atoms with van der Waals surface area (Å²) < 4.78 is 10.8. The molecule has 174 valence electrons. The van der Waals surface area contributed by atoms with Crippen LogP contribution >= 0.6 is 0 Å². The van der Waals surface area contributed by atoms with Crippen molar-refractivity contribution in [3.8, 4) is 17.1 Å². The van der Waals surface area contributed by atoms with Crippen molar-refractivity contribution in [3.05, 3.63) is 53.9 Å². The molecule has 33 heavy (non-hydrogen) atoms. The third kappa shape index (κ3) is 5.90. The van der Waals surface area contributed by atoms with Crippen molar-refractivity contribution in [2.45, 2.75) is 26.7 Å². The van der Waals surface area contributed by atoms with Crippen LogP contribution in [0.15, 0.2) is 47.0 Å². The smallest absolute Gasteiger partial charge is 0.227 e. The molecule has 2 aromatic carbocycles. The SMILES string of the molecule is CCOc1ccc(-c2noc(CCC(=O)Nc3ccc(N4CCN(C)CC4)cc3C)n2)cc1. The molecule has 1 fully saturated rings. The normalized spacial score (nSPS) is 14.3. The van der Waals surface area contributed by atoms with E-state index in [1.54, 1.807) is 0 Å². The molecule has 2 heterocycles. The summed E-state index contributed by atoms with van der Waals surface area (Å²) in [6.45, 7) is 8.75. The van der Waals surface area contributed by atoms with Gasteiger partial charge in [-0.2, -0.15) is 4.98 Å². The standard InChI is InChI=1S/C25H31N5O3/c1-4-32-21-8-5-19(6-9-21)25-27-24(33-28-25)12-11-23(31)26-22-10-7-20(17-18(22)2)30-15-13-29(3)14-16-30/h5-10,17H,4,11-16H2,1-3H3,(H,26,31). The second-order valence-corrected chi connectivity index (χ2v) is 8.31. The summed E-state index contributed by atoms with van der Waals surface area (Å²) in [7, 11) is 2.15. The Balaban J connectivity index is 1.30. The van der Waals surface area contributed by atoms with Gasteiger partial charge >= 0.3 is 0 Å². The van der Waals surface area contributed by atoms with Crippen molar-refractivity contribution in [2.75, 3.05) is 50.1 Å². The predicted molar refractivity (Wildman–Crippen MR) is 129 cm³/mol. The van der Waals surface area contributed by atoms with Gasteiger partial charge in [-0.05, 0) is 68.9 Å². The molecule has 1 aliphatic rings. The molecule has 1 N–H and O–H groups in total. The number of amides is 1. The molecule has 8 nitrogen and oxygen atoms in total. The summed E-state index contributed by atoms with van der Waals surface area (Å²) in [5, 5.41) is 7.04. The van der Waals surface area contributed by atoms with Crippen LogP contribution in [-0.2, 0) is 11.2 Å². The first-order chi connectivity index (χ1) is 16.0. The summed E-state index contributed by atoms with van der Waals surface area (Å²) in [6.07, 6.45) is 0.652. The second kappa shape index (κ2) is 10.5. The van der Waals surface area contributed by atoms with Gasteiger partial charge in [0.2, 0.25) is 17.6 Å². The Hall–Kier alpha value is -3.39. The van der Waals surface area contributed by atoms with Gasteiger partial charge in [-0.15, -0.1) is 0 Å². The van der Waals surface area contributed by atoms with Crippen LogP contribution in [0.25, 0.3) is 11.4 Å². The zero-order valence-corrected chi connectivity index (χ0v) is 19.5. The third-order valence-electron chi connectivity index (χ3n) is 5.81. The first kappa shape index (κ1) is 22.8. The van der Waals surface area contributed by atoms with E-state index in [-0.39, 0.29) is 12.3 Å². The Kier molecular flexibility index (Phi) is 7.24. The maximum atomic E-state index is 12.5. The van der Waals surface area contributed by atoms with E-state index < -0.39 is 0 Å². The highest BCUT2D eigenvalue weighted by atomic mass is 16.5. The minimum absolute atomic E-state index is 0.0775. The maximum Gasteiger partial charge on any atom is 0.227 e. The van der Waals surface area contributed by atoms with Crippen molar-refractivity contribution in [1.82, 2.24) is 15.0 Å². The Morgan fingerprint density at radius 3 is 2.58 bits per heavy atom. The van der Waals surface area contributed by atoms with Gasteiger partial charge in [0, 0.05) is 56.0 Å².